The molecule has 0 saturated heterocycles. The van der Waals surface area contributed by atoms with Gasteiger partial charge in [-0.05, 0) is 6.42 Å². The molecule has 0 radical (unpaired) electrons. The number of unbranched alkanes of at least 4 members (excludes halogenated alkanes) is 9. The van der Waals surface area contributed by atoms with Crippen molar-refractivity contribution in [2.75, 3.05) is 6.61 Å². The highest BCUT2D eigenvalue weighted by atomic mass is 32.3. The molecule has 0 amide bonds. The van der Waals surface area contributed by atoms with Crippen molar-refractivity contribution in [1.82, 2.24) is 12.3 Å². The van der Waals surface area contributed by atoms with Crippen molar-refractivity contribution in [3.05, 3.63) is 0 Å². The monoisotopic (exact) mass is 318 g/mol. The first kappa shape index (κ1) is 28.0. The molecule has 0 heterocycles. The van der Waals surface area contributed by atoms with Gasteiger partial charge in [-0.3, -0.25) is 4.55 Å². The fraction of sp³-hybridized carbons (Fsp3) is 1.00. The minimum absolute atomic E-state index is 0. The second kappa shape index (κ2) is 18.8. The Bertz CT molecular complexity index is 261. The summed E-state index contributed by atoms with van der Waals surface area (Å²) in [6.45, 7) is 2.31. The van der Waals surface area contributed by atoms with Gasteiger partial charge in [0.15, 0.2) is 0 Å². The Labute approximate surface area is 123 Å². The van der Waals surface area contributed by atoms with E-state index in [9.17, 15) is 8.42 Å². The summed E-state index contributed by atoms with van der Waals surface area (Å²) >= 11 is 0. The highest BCUT2D eigenvalue weighted by Gasteiger charge is 2.02. The molecule has 0 aliphatic carbocycles. The van der Waals surface area contributed by atoms with E-state index in [0.29, 0.717) is 6.42 Å². The molecule has 0 spiro atoms. The van der Waals surface area contributed by atoms with Gasteiger partial charge in [0.1, 0.15) is 0 Å². The van der Waals surface area contributed by atoms with Crippen LogP contribution in [0, 0.1) is 0 Å². The third kappa shape index (κ3) is 26.3. The van der Waals surface area contributed by atoms with Crippen molar-refractivity contribution < 1.29 is 22.6 Å². The second-order valence-electron chi connectivity index (χ2n) is 4.43. The largest absolute Gasteiger partial charge is 0.412 e. The van der Waals surface area contributed by atoms with E-state index in [0.717, 1.165) is 12.8 Å². The lowest BCUT2D eigenvalue weighted by Gasteiger charge is -2.02. The lowest BCUT2D eigenvalue weighted by molar-refractivity contribution is 0.261. The van der Waals surface area contributed by atoms with Crippen LogP contribution in [-0.2, 0) is 14.6 Å². The predicted octanol–water partition coefficient (Wildman–Crippen LogP) is 3.23. The summed E-state index contributed by atoms with van der Waals surface area (Å²) in [6, 6.07) is 0. The van der Waals surface area contributed by atoms with Crippen LogP contribution in [0.3, 0.4) is 0 Å². The molecule has 9 N–H and O–H groups in total. The number of hydrogen-bond donors (Lipinski definition) is 3. The second-order valence-corrected chi connectivity index (χ2v) is 5.52. The fourth-order valence-corrected chi connectivity index (χ4v) is 2.08. The highest BCUT2D eigenvalue weighted by Crippen LogP contribution is 2.10. The summed E-state index contributed by atoms with van der Waals surface area (Å²) in [7, 11) is -4.23. The van der Waals surface area contributed by atoms with Gasteiger partial charge < -0.3 is 17.8 Å². The number of rotatable bonds is 12. The van der Waals surface area contributed by atoms with E-state index in [2.05, 4.69) is 11.1 Å². The van der Waals surface area contributed by atoms with Crippen molar-refractivity contribution in [1.29, 1.82) is 0 Å². The van der Waals surface area contributed by atoms with Crippen LogP contribution in [0.15, 0.2) is 0 Å². The standard InChI is InChI=1S/C12H26O4S.2H3N.H2O/c1-2-3-4-5-6-7-8-9-10-11-12-16-17(13,14)15;;;/h2-12H2,1H3,(H,13,14,15);2*1H3;1H2. The molecule has 8 heteroatoms. The first-order valence-electron chi connectivity index (χ1n) is 6.68. The Morgan fingerprint density at radius 3 is 1.50 bits per heavy atom. The topological polar surface area (TPSA) is 165 Å². The average molecular weight is 318 g/mol. The molecular weight excluding hydrogens is 284 g/mol. The number of hydrogen-bond acceptors (Lipinski definition) is 5. The van der Waals surface area contributed by atoms with Gasteiger partial charge in [-0.2, -0.15) is 8.42 Å². The Hall–Kier alpha value is -0.250. The third-order valence-electron chi connectivity index (χ3n) is 2.73. The first-order valence-corrected chi connectivity index (χ1v) is 8.04. The first-order chi connectivity index (χ1) is 8.06. The maximum Gasteiger partial charge on any atom is 0.397 e. The summed E-state index contributed by atoms with van der Waals surface area (Å²) in [4.78, 5) is 0. The minimum atomic E-state index is -4.23. The van der Waals surface area contributed by atoms with Crippen LogP contribution < -0.4 is 12.3 Å². The summed E-state index contributed by atoms with van der Waals surface area (Å²) in [5.74, 6) is 0. The van der Waals surface area contributed by atoms with Gasteiger partial charge in [0.25, 0.3) is 0 Å². The van der Waals surface area contributed by atoms with Crippen LogP contribution in [0.25, 0.3) is 0 Å². The molecule has 0 rings (SSSR count). The highest BCUT2D eigenvalue weighted by molar-refractivity contribution is 7.80. The van der Waals surface area contributed by atoms with Gasteiger partial charge in [-0.1, -0.05) is 64.7 Å². The molecule has 0 saturated carbocycles. The van der Waals surface area contributed by atoms with Gasteiger partial charge in [0.2, 0.25) is 0 Å². The Morgan fingerprint density at radius 2 is 1.15 bits per heavy atom. The lowest BCUT2D eigenvalue weighted by Crippen LogP contribution is -2.04. The van der Waals surface area contributed by atoms with Gasteiger partial charge in [0.05, 0.1) is 6.61 Å². The zero-order chi connectivity index (χ0) is 13.0. The van der Waals surface area contributed by atoms with Crippen molar-refractivity contribution in [3.63, 3.8) is 0 Å². The van der Waals surface area contributed by atoms with Gasteiger partial charge in [0, 0.05) is 0 Å². The normalized spacial score (nSPS) is 10.1. The minimum Gasteiger partial charge on any atom is -0.412 e. The summed E-state index contributed by atoms with van der Waals surface area (Å²) in [6.07, 6.45) is 11.9. The van der Waals surface area contributed by atoms with E-state index in [4.69, 9.17) is 4.55 Å². The van der Waals surface area contributed by atoms with E-state index in [1.807, 2.05) is 0 Å². The van der Waals surface area contributed by atoms with Crippen LogP contribution in [-0.4, -0.2) is 25.1 Å². The van der Waals surface area contributed by atoms with Crippen LogP contribution in [0.2, 0.25) is 0 Å². The molecule has 0 aliphatic rings. The smallest absolute Gasteiger partial charge is 0.397 e. The molecule has 0 aromatic heterocycles. The van der Waals surface area contributed by atoms with E-state index in [-0.39, 0.29) is 24.4 Å². The van der Waals surface area contributed by atoms with Crippen molar-refractivity contribution in [2.45, 2.75) is 71.1 Å². The molecule has 0 unspecified atom stereocenters. The van der Waals surface area contributed by atoms with Gasteiger partial charge >= 0.3 is 10.4 Å². The van der Waals surface area contributed by atoms with E-state index in [1.165, 1.54) is 44.9 Å². The molecule has 0 aromatic carbocycles. The van der Waals surface area contributed by atoms with Crippen molar-refractivity contribution in [2.24, 2.45) is 0 Å². The van der Waals surface area contributed by atoms with Crippen molar-refractivity contribution >= 4 is 10.4 Å². The van der Waals surface area contributed by atoms with Crippen LogP contribution in [0.1, 0.15) is 71.1 Å². The molecule has 0 fully saturated rings. The molecule has 0 aliphatic heterocycles. The van der Waals surface area contributed by atoms with Crippen LogP contribution >= 0.6 is 0 Å². The Kier molecular flexibility index (Phi) is 26.2. The van der Waals surface area contributed by atoms with Gasteiger partial charge in [-0.15, -0.1) is 0 Å². The Morgan fingerprint density at radius 1 is 0.800 bits per heavy atom. The predicted molar refractivity (Wildman–Crippen MR) is 83.0 cm³/mol. The molecule has 128 valence electrons. The van der Waals surface area contributed by atoms with E-state index < -0.39 is 10.4 Å². The van der Waals surface area contributed by atoms with Crippen molar-refractivity contribution in [3.8, 4) is 0 Å². The van der Waals surface area contributed by atoms with E-state index in [1.54, 1.807) is 0 Å². The maximum absolute atomic E-state index is 10.2. The quantitative estimate of drug-likeness (QED) is 0.369. The lowest BCUT2D eigenvalue weighted by atomic mass is 10.1. The maximum atomic E-state index is 10.2. The molecule has 0 bridgehead atoms. The fourth-order valence-electron chi connectivity index (χ4n) is 1.75. The zero-order valence-electron chi connectivity index (χ0n) is 12.8. The molecular formula is C12H34N2O5S. The molecule has 0 aromatic rings. The molecule has 20 heavy (non-hydrogen) atoms. The summed E-state index contributed by atoms with van der Waals surface area (Å²) < 4.78 is 33.0. The van der Waals surface area contributed by atoms with E-state index >= 15 is 0 Å². The SMILES string of the molecule is CCCCCCCCCCCCOS(=O)(=O)O.N.N.O. The molecule has 0 atom stereocenters. The average Bonchev–Trinajstić information content (AvgIpc) is 2.24. The van der Waals surface area contributed by atoms with Crippen LogP contribution in [0.5, 0.6) is 0 Å². The zero-order valence-corrected chi connectivity index (χ0v) is 13.6. The Balaban J connectivity index is -0.000000427. The van der Waals surface area contributed by atoms with Crippen LogP contribution in [0.4, 0.5) is 0 Å². The summed E-state index contributed by atoms with van der Waals surface area (Å²) in [5.41, 5.74) is 0. The third-order valence-corrected chi connectivity index (χ3v) is 3.19. The summed E-state index contributed by atoms with van der Waals surface area (Å²) in [5, 5.41) is 0. The molecule has 7 nitrogen and oxygen atoms in total. The van der Waals surface area contributed by atoms with Gasteiger partial charge in [-0.25, -0.2) is 4.18 Å².